The number of nitrogens with two attached hydrogens (primary N) is 1. The number of benzene rings is 2. The average Bonchev–Trinajstić information content (AvgIpc) is 2.48. The van der Waals surface area contributed by atoms with E-state index in [1.807, 2.05) is 30.3 Å². The molecule has 0 spiro atoms. The molecule has 0 amide bonds. The van der Waals surface area contributed by atoms with Crippen LogP contribution < -0.4 is 5.73 Å². The summed E-state index contributed by atoms with van der Waals surface area (Å²) in [7, 11) is -1.21. The molecule has 106 valence electrons. The van der Waals surface area contributed by atoms with E-state index in [9.17, 15) is 4.21 Å². The monoisotopic (exact) mass is 327 g/mol. The van der Waals surface area contributed by atoms with E-state index < -0.39 is 10.8 Å². The van der Waals surface area contributed by atoms with E-state index in [-0.39, 0.29) is 5.25 Å². The lowest BCUT2D eigenvalue weighted by molar-refractivity contribution is 0.664. The molecule has 0 radical (unpaired) electrons. The molecule has 0 aliphatic rings. The van der Waals surface area contributed by atoms with E-state index in [1.54, 1.807) is 18.2 Å². The van der Waals surface area contributed by atoms with Crippen LogP contribution in [-0.4, -0.2) is 10.8 Å². The van der Waals surface area contributed by atoms with Gasteiger partial charge in [-0.1, -0.05) is 53.5 Å². The molecule has 2 unspecified atom stereocenters. The molecule has 0 heterocycles. The van der Waals surface area contributed by atoms with Crippen molar-refractivity contribution in [2.75, 3.05) is 6.54 Å². The molecule has 2 N–H and O–H groups in total. The average molecular weight is 328 g/mol. The summed E-state index contributed by atoms with van der Waals surface area (Å²) in [4.78, 5) is 0.668. The summed E-state index contributed by atoms with van der Waals surface area (Å²) < 4.78 is 12.8. The van der Waals surface area contributed by atoms with Crippen molar-refractivity contribution in [1.82, 2.24) is 0 Å². The molecule has 0 saturated heterocycles. The molecular formula is C15H15Cl2NOS. The summed E-state index contributed by atoms with van der Waals surface area (Å²) in [6.45, 7) is 0.479. The summed E-state index contributed by atoms with van der Waals surface area (Å²) in [6.07, 6.45) is 0.650. The largest absolute Gasteiger partial charge is 0.330 e. The SMILES string of the molecule is NCCC(c1ccccc1)S(=O)c1ccc(Cl)c(Cl)c1. The lowest BCUT2D eigenvalue weighted by Crippen LogP contribution is -2.12. The van der Waals surface area contributed by atoms with Crippen molar-refractivity contribution in [2.24, 2.45) is 5.73 Å². The van der Waals surface area contributed by atoms with Gasteiger partial charge in [0.25, 0.3) is 0 Å². The molecule has 2 aromatic rings. The van der Waals surface area contributed by atoms with Crippen LogP contribution in [-0.2, 0) is 10.8 Å². The molecule has 2 aromatic carbocycles. The van der Waals surface area contributed by atoms with Crippen molar-refractivity contribution >= 4 is 34.0 Å². The van der Waals surface area contributed by atoms with Gasteiger partial charge in [-0.15, -0.1) is 0 Å². The maximum Gasteiger partial charge on any atom is 0.0655 e. The van der Waals surface area contributed by atoms with E-state index in [0.29, 0.717) is 27.9 Å². The van der Waals surface area contributed by atoms with Gasteiger partial charge in [0.2, 0.25) is 0 Å². The normalized spacial score (nSPS) is 13.9. The minimum absolute atomic E-state index is 0.140. The molecule has 0 aromatic heterocycles. The van der Waals surface area contributed by atoms with Gasteiger partial charge in [-0.05, 0) is 36.7 Å². The Morgan fingerprint density at radius 3 is 2.35 bits per heavy atom. The van der Waals surface area contributed by atoms with Crippen molar-refractivity contribution in [3.05, 3.63) is 64.1 Å². The summed E-state index contributed by atoms with van der Waals surface area (Å²) in [5.74, 6) is 0. The lowest BCUT2D eigenvalue weighted by atomic mass is 10.1. The molecule has 5 heteroatoms. The smallest absolute Gasteiger partial charge is 0.0655 e. The van der Waals surface area contributed by atoms with Crippen LogP contribution in [0.1, 0.15) is 17.2 Å². The quantitative estimate of drug-likeness (QED) is 0.894. The lowest BCUT2D eigenvalue weighted by Gasteiger charge is -2.16. The van der Waals surface area contributed by atoms with Crippen LogP contribution in [0.15, 0.2) is 53.4 Å². The third kappa shape index (κ3) is 3.61. The Balaban J connectivity index is 2.34. The second kappa shape index (κ2) is 7.23. The summed E-state index contributed by atoms with van der Waals surface area (Å²) in [5.41, 5.74) is 6.67. The predicted molar refractivity (Wildman–Crippen MR) is 85.7 cm³/mol. The highest BCUT2D eigenvalue weighted by molar-refractivity contribution is 7.85. The highest BCUT2D eigenvalue weighted by atomic mass is 35.5. The third-order valence-electron chi connectivity index (χ3n) is 2.98. The van der Waals surface area contributed by atoms with Gasteiger partial charge < -0.3 is 5.73 Å². The van der Waals surface area contributed by atoms with Crippen LogP contribution in [0.4, 0.5) is 0 Å². The van der Waals surface area contributed by atoms with Gasteiger partial charge in [-0.3, -0.25) is 4.21 Å². The fourth-order valence-corrected chi connectivity index (χ4v) is 3.86. The summed E-state index contributed by atoms with van der Waals surface area (Å²) in [6, 6.07) is 14.8. The van der Waals surface area contributed by atoms with Gasteiger partial charge >= 0.3 is 0 Å². The van der Waals surface area contributed by atoms with Crippen LogP contribution in [0, 0.1) is 0 Å². The molecule has 0 bridgehead atoms. The number of hydrogen-bond acceptors (Lipinski definition) is 2. The Morgan fingerprint density at radius 1 is 1.05 bits per heavy atom. The first-order chi connectivity index (χ1) is 9.63. The summed E-state index contributed by atoms with van der Waals surface area (Å²) >= 11 is 11.9. The Kier molecular flexibility index (Phi) is 5.61. The van der Waals surface area contributed by atoms with E-state index in [2.05, 4.69) is 0 Å². The van der Waals surface area contributed by atoms with Crippen molar-refractivity contribution in [2.45, 2.75) is 16.6 Å². The van der Waals surface area contributed by atoms with Crippen LogP contribution >= 0.6 is 23.2 Å². The van der Waals surface area contributed by atoms with E-state index in [1.165, 1.54) is 0 Å². The minimum Gasteiger partial charge on any atom is -0.330 e. The van der Waals surface area contributed by atoms with Crippen LogP contribution in [0.5, 0.6) is 0 Å². The maximum absolute atomic E-state index is 12.8. The topological polar surface area (TPSA) is 43.1 Å². The fraction of sp³-hybridized carbons (Fsp3) is 0.200. The number of halogens is 2. The molecule has 0 aliphatic heterocycles. The Labute approximate surface area is 131 Å². The van der Waals surface area contributed by atoms with Crippen molar-refractivity contribution < 1.29 is 4.21 Å². The Bertz CT molecular complexity index is 604. The van der Waals surface area contributed by atoms with Gasteiger partial charge in [0.15, 0.2) is 0 Å². The first-order valence-electron chi connectivity index (χ1n) is 6.24. The van der Waals surface area contributed by atoms with Crippen LogP contribution in [0.3, 0.4) is 0 Å². The molecular weight excluding hydrogens is 313 g/mol. The standard InChI is InChI=1S/C15H15Cl2NOS/c16-13-7-6-12(10-14(13)17)20(19)15(8-9-18)11-4-2-1-3-5-11/h1-7,10,15H,8-9,18H2. The predicted octanol–water partition coefficient (Wildman–Crippen LogP) is 4.19. The van der Waals surface area contributed by atoms with Gasteiger partial charge in [0.05, 0.1) is 26.1 Å². The Hall–Kier alpha value is -0.870. The van der Waals surface area contributed by atoms with Crippen LogP contribution in [0.25, 0.3) is 0 Å². The zero-order valence-electron chi connectivity index (χ0n) is 10.8. The molecule has 0 fully saturated rings. The second-order valence-corrected chi connectivity index (χ2v) is 6.80. The second-order valence-electron chi connectivity index (χ2n) is 4.35. The van der Waals surface area contributed by atoms with Crippen LogP contribution in [0.2, 0.25) is 10.0 Å². The van der Waals surface area contributed by atoms with Gasteiger partial charge in [0, 0.05) is 4.90 Å². The number of rotatable bonds is 5. The molecule has 0 aliphatic carbocycles. The van der Waals surface area contributed by atoms with E-state index >= 15 is 0 Å². The van der Waals surface area contributed by atoms with E-state index in [4.69, 9.17) is 28.9 Å². The molecule has 2 nitrogen and oxygen atoms in total. The molecule has 2 atom stereocenters. The minimum atomic E-state index is -1.21. The van der Waals surface area contributed by atoms with Crippen molar-refractivity contribution in [1.29, 1.82) is 0 Å². The zero-order valence-corrected chi connectivity index (χ0v) is 13.1. The first kappa shape index (κ1) is 15.5. The van der Waals surface area contributed by atoms with Gasteiger partial charge in [-0.25, -0.2) is 0 Å². The number of hydrogen-bond donors (Lipinski definition) is 1. The zero-order chi connectivity index (χ0) is 14.5. The highest BCUT2D eigenvalue weighted by Gasteiger charge is 2.20. The van der Waals surface area contributed by atoms with Crippen molar-refractivity contribution in [3.63, 3.8) is 0 Å². The van der Waals surface area contributed by atoms with Gasteiger partial charge in [-0.2, -0.15) is 0 Å². The molecule has 0 saturated carbocycles. The molecule has 2 rings (SSSR count). The Morgan fingerprint density at radius 2 is 1.75 bits per heavy atom. The highest BCUT2D eigenvalue weighted by Crippen LogP contribution is 2.31. The van der Waals surface area contributed by atoms with E-state index in [0.717, 1.165) is 5.56 Å². The van der Waals surface area contributed by atoms with Gasteiger partial charge in [0.1, 0.15) is 0 Å². The third-order valence-corrected chi connectivity index (χ3v) is 5.46. The fourth-order valence-electron chi connectivity index (χ4n) is 1.98. The van der Waals surface area contributed by atoms with Crippen molar-refractivity contribution in [3.8, 4) is 0 Å². The maximum atomic E-state index is 12.8. The first-order valence-corrected chi connectivity index (χ1v) is 8.21. The molecule has 20 heavy (non-hydrogen) atoms. The summed E-state index contributed by atoms with van der Waals surface area (Å²) in [5, 5.41) is 0.734.